The van der Waals surface area contributed by atoms with Crippen LogP contribution in [0.4, 0.5) is 5.69 Å². The van der Waals surface area contributed by atoms with Crippen LogP contribution in [0.1, 0.15) is 15.9 Å². The molecule has 28 heavy (non-hydrogen) atoms. The Bertz CT molecular complexity index is 898. The van der Waals surface area contributed by atoms with Gasteiger partial charge in [-0.25, -0.2) is 0 Å². The van der Waals surface area contributed by atoms with Crippen LogP contribution in [-0.4, -0.2) is 60.6 Å². The molecule has 0 radical (unpaired) electrons. The minimum absolute atomic E-state index is 0.197. The van der Waals surface area contributed by atoms with Gasteiger partial charge in [-0.15, -0.1) is 0 Å². The number of nitrogens with zero attached hydrogens (tertiary/aromatic N) is 2. The highest BCUT2D eigenvalue weighted by Crippen LogP contribution is 2.26. The quantitative estimate of drug-likeness (QED) is 0.527. The first-order chi connectivity index (χ1) is 13.5. The number of amides is 2. The molecule has 3 rings (SSSR count). The van der Waals surface area contributed by atoms with E-state index >= 15 is 0 Å². The predicted molar refractivity (Wildman–Crippen MR) is 112 cm³/mol. The second-order valence-corrected chi connectivity index (χ2v) is 7.79. The van der Waals surface area contributed by atoms with Crippen molar-refractivity contribution in [2.24, 2.45) is 0 Å². The first kappa shape index (κ1) is 20.5. The molecule has 0 spiro atoms. The Balaban J connectivity index is 1.74. The third-order valence-corrected chi connectivity index (χ3v) is 5.36. The molecule has 0 atom stereocenters. The number of anilines is 1. The van der Waals surface area contributed by atoms with Crippen molar-refractivity contribution in [3.63, 3.8) is 0 Å². The molecular formula is C20H19BrClN3O3. The summed E-state index contributed by atoms with van der Waals surface area (Å²) in [4.78, 5) is 39.9. The third-order valence-electron chi connectivity index (χ3n) is 4.54. The fourth-order valence-electron chi connectivity index (χ4n) is 3.02. The molecule has 0 unspecified atom stereocenters. The van der Waals surface area contributed by atoms with Gasteiger partial charge in [0.15, 0.2) is 5.78 Å². The molecule has 1 fully saturated rings. The monoisotopic (exact) mass is 463 g/mol. The van der Waals surface area contributed by atoms with E-state index in [2.05, 4.69) is 21.2 Å². The third kappa shape index (κ3) is 4.98. The van der Waals surface area contributed by atoms with E-state index in [9.17, 15) is 14.4 Å². The van der Waals surface area contributed by atoms with Crippen LogP contribution in [0.15, 0.2) is 46.9 Å². The molecule has 6 nitrogen and oxygen atoms in total. The van der Waals surface area contributed by atoms with Crippen LogP contribution in [0.5, 0.6) is 0 Å². The molecular weight excluding hydrogens is 446 g/mol. The number of benzene rings is 2. The zero-order chi connectivity index (χ0) is 20.1. The van der Waals surface area contributed by atoms with Gasteiger partial charge >= 0.3 is 0 Å². The summed E-state index contributed by atoms with van der Waals surface area (Å²) in [7, 11) is 0. The lowest BCUT2D eigenvalue weighted by molar-refractivity contribution is -0.120. The molecule has 2 aromatic carbocycles. The van der Waals surface area contributed by atoms with E-state index < -0.39 is 0 Å². The molecule has 1 aliphatic rings. The zero-order valence-corrected chi connectivity index (χ0v) is 17.4. The Morgan fingerprint density at radius 1 is 1.07 bits per heavy atom. The Hall–Kier alpha value is -2.22. The van der Waals surface area contributed by atoms with E-state index in [0.717, 1.165) is 10.9 Å². The summed E-state index contributed by atoms with van der Waals surface area (Å²) in [6, 6.07) is 11.9. The Morgan fingerprint density at radius 3 is 2.46 bits per heavy atom. The maximum absolute atomic E-state index is 13.0. The summed E-state index contributed by atoms with van der Waals surface area (Å²) < 4.78 is 0.728. The number of carbonyl (C=O) groups is 3. The van der Waals surface area contributed by atoms with Crippen molar-refractivity contribution < 1.29 is 14.4 Å². The number of hydrogen-bond acceptors (Lipinski definition) is 4. The van der Waals surface area contributed by atoms with Crippen LogP contribution in [0.3, 0.4) is 0 Å². The first-order valence-electron chi connectivity index (χ1n) is 8.78. The van der Waals surface area contributed by atoms with Gasteiger partial charge in [0.25, 0.3) is 0 Å². The molecule has 1 heterocycles. The lowest BCUT2D eigenvalue weighted by Crippen LogP contribution is -2.48. The topological polar surface area (TPSA) is 69.7 Å². The molecule has 0 bridgehead atoms. The van der Waals surface area contributed by atoms with Gasteiger partial charge in [-0.1, -0.05) is 39.7 Å². The van der Waals surface area contributed by atoms with Crippen LogP contribution in [0.2, 0.25) is 5.02 Å². The van der Waals surface area contributed by atoms with E-state index in [0.29, 0.717) is 48.0 Å². The fraction of sp³-hybridized carbons (Fsp3) is 0.250. The second-order valence-electron chi connectivity index (χ2n) is 6.46. The minimum atomic E-state index is -0.262. The van der Waals surface area contributed by atoms with E-state index in [1.807, 2.05) is 4.90 Å². The largest absolute Gasteiger partial charge is 0.343 e. The summed E-state index contributed by atoms with van der Waals surface area (Å²) in [5.74, 6) is -0.475. The summed E-state index contributed by atoms with van der Waals surface area (Å²) >= 11 is 9.54. The van der Waals surface area contributed by atoms with Crippen molar-refractivity contribution in [3.8, 4) is 0 Å². The average Bonchev–Trinajstić information content (AvgIpc) is 2.70. The molecule has 1 N–H and O–H groups in total. The number of carbonyl (C=O) groups excluding carboxylic acids is 3. The van der Waals surface area contributed by atoms with Crippen LogP contribution in [0, 0.1) is 0 Å². The second kappa shape index (κ2) is 9.32. The smallest absolute Gasteiger partial charge is 0.238 e. The number of nitrogens with one attached hydrogen (secondary N) is 1. The predicted octanol–water partition coefficient (Wildman–Crippen LogP) is 3.05. The molecule has 146 valence electrons. The van der Waals surface area contributed by atoms with Gasteiger partial charge in [0.2, 0.25) is 12.3 Å². The Morgan fingerprint density at radius 2 is 1.79 bits per heavy atom. The van der Waals surface area contributed by atoms with Crippen molar-refractivity contribution in [1.82, 2.24) is 9.80 Å². The van der Waals surface area contributed by atoms with Gasteiger partial charge in [0.1, 0.15) is 0 Å². The lowest BCUT2D eigenvalue weighted by atomic mass is 10.0. The van der Waals surface area contributed by atoms with Gasteiger partial charge in [-0.3, -0.25) is 19.3 Å². The van der Waals surface area contributed by atoms with Crippen molar-refractivity contribution in [2.75, 3.05) is 38.0 Å². The van der Waals surface area contributed by atoms with Gasteiger partial charge in [-0.05, 0) is 30.3 Å². The van der Waals surface area contributed by atoms with Crippen LogP contribution < -0.4 is 5.32 Å². The summed E-state index contributed by atoms with van der Waals surface area (Å²) in [6.07, 6.45) is 0.825. The Kier molecular flexibility index (Phi) is 6.83. The molecule has 2 aromatic rings. The summed E-state index contributed by atoms with van der Waals surface area (Å²) in [6.45, 7) is 2.68. The molecule has 8 heteroatoms. The van der Waals surface area contributed by atoms with Crippen molar-refractivity contribution in [1.29, 1.82) is 0 Å². The maximum Gasteiger partial charge on any atom is 0.238 e. The molecule has 0 saturated carbocycles. The highest BCUT2D eigenvalue weighted by Gasteiger charge is 2.21. The van der Waals surface area contributed by atoms with E-state index in [1.165, 1.54) is 0 Å². The molecule has 1 saturated heterocycles. The number of rotatable bonds is 6. The summed E-state index contributed by atoms with van der Waals surface area (Å²) in [5, 5.41) is 3.19. The zero-order valence-electron chi connectivity index (χ0n) is 15.0. The SMILES string of the molecule is O=CN1CCN(CC(=O)Nc2ccc(Br)cc2C(=O)c2ccccc2Cl)CC1. The fourth-order valence-corrected chi connectivity index (χ4v) is 3.61. The number of hydrogen-bond donors (Lipinski definition) is 1. The van der Waals surface area contributed by atoms with Gasteiger partial charge in [-0.2, -0.15) is 0 Å². The maximum atomic E-state index is 13.0. The molecule has 0 aliphatic carbocycles. The van der Waals surface area contributed by atoms with Crippen molar-refractivity contribution in [3.05, 3.63) is 63.1 Å². The van der Waals surface area contributed by atoms with E-state index in [-0.39, 0.29) is 18.2 Å². The van der Waals surface area contributed by atoms with Gasteiger partial charge < -0.3 is 10.2 Å². The summed E-state index contributed by atoms with van der Waals surface area (Å²) in [5.41, 5.74) is 1.17. The van der Waals surface area contributed by atoms with Crippen LogP contribution >= 0.6 is 27.5 Å². The van der Waals surface area contributed by atoms with E-state index in [1.54, 1.807) is 47.4 Å². The van der Waals surface area contributed by atoms with Crippen LogP contribution in [0.25, 0.3) is 0 Å². The Labute approximate surface area is 176 Å². The number of halogens is 2. The highest BCUT2D eigenvalue weighted by molar-refractivity contribution is 9.10. The lowest BCUT2D eigenvalue weighted by Gasteiger charge is -2.31. The standard InChI is InChI=1S/C20H19BrClN3O3/c21-14-5-6-18(16(11-14)20(28)15-3-1-2-4-17(15)22)23-19(27)12-24-7-9-25(13-26)10-8-24/h1-6,11,13H,7-10,12H2,(H,23,27). The molecule has 1 aliphatic heterocycles. The first-order valence-corrected chi connectivity index (χ1v) is 9.95. The number of ketones is 1. The molecule has 2 amide bonds. The van der Waals surface area contributed by atoms with Gasteiger partial charge in [0.05, 0.1) is 17.3 Å². The average molecular weight is 465 g/mol. The highest BCUT2D eigenvalue weighted by atomic mass is 79.9. The minimum Gasteiger partial charge on any atom is -0.343 e. The molecule has 0 aromatic heterocycles. The van der Waals surface area contributed by atoms with E-state index in [4.69, 9.17) is 11.6 Å². The number of piperazine rings is 1. The van der Waals surface area contributed by atoms with Crippen molar-refractivity contribution in [2.45, 2.75) is 0 Å². The van der Waals surface area contributed by atoms with Gasteiger partial charge in [0, 0.05) is 41.8 Å². The van der Waals surface area contributed by atoms with Crippen LogP contribution in [-0.2, 0) is 9.59 Å². The normalized spacial score (nSPS) is 14.6. The van der Waals surface area contributed by atoms with Crippen molar-refractivity contribution >= 4 is 51.3 Å².